The molecule has 3 nitrogen and oxygen atoms in total. The van der Waals surface area contributed by atoms with Gasteiger partial charge in [-0.2, -0.15) is 0 Å². The van der Waals surface area contributed by atoms with Gasteiger partial charge in [-0.1, -0.05) is 90.4 Å². The molecule has 3 heteroatoms. The zero-order valence-electron chi connectivity index (χ0n) is 17.5. The maximum Gasteiger partial charge on any atom is 0.180 e. The quantitative estimate of drug-likeness (QED) is 0.309. The predicted octanol–water partition coefficient (Wildman–Crippen LogP) is 6.16. The molecule has 1 rings (SSSR count). The van der Waals surface area contributed by atoms with Crippen molar-refractivity contribution >= 4 is 0 Å². The Kier molecular flexibility index (Phi) is 13.7. The molecule has 1 aliphatic rings. The van der Waals surface area contributed by atoms with Gasteiger partial charge in [0.1, 0.15) is 0 Å². The zero-order valence-corrected chi connectivity index (χ0v) is 17.5. The Balaban J connectivity index is 1.85. The Labute approximate surface area is 157 Å². The van der Waals surface area contributed by atoms with Crippen LogP contribution in [0.4, 0.5) is 0 Å². The van der Waals surface area contributed by atoms with E-state index in [0.29, 0.717) is 0 Å². The summed E-state index contributed by atoms with van der Waals surface area (Å²) in [6.07, 6.45) is 20.7. The standard InChI is InChI=1S/C22H45NO2/c1-4-5-6-7-8-9-10-11-12-13-14-15-16-17-18-22(24-3)21-23(2)19-20-25-22/h4-21H2,1-3H3. The Morgan fingerprint density at radius 2 is 1.28 bits per heavy atom. The molecule has 1 atom stereocenters. The topological polar surface area (TPSA) is 21.7 Å². The second-order valence-electron chi connectivity index (χ2n) is 8.05. The van der Waals surface area contributed by atoms with Crippen LogP contribution in [0, 0.1) is 0 Å². The second-order valence-corrected chi connectivity index (χ2v) is 8.05. The highest BCUT2D eigenvalue weighted by atomic mass is 16.7. The van der Waals surface area contributed by atoms with E-state index in [1.165, 1.54) is 89.9 Å². The van der Waals surface area contributed by atoms with E-state index in [1.807, 2.05) is 0 Å². The van der Waals surface area contributed by atoms with Crippen LogP contribution >= 0.6 is 0 Å². The first-order valence-electron chi connectivity index (χ1n) is 11.1. The second kappa shape index (κ2) is 15.0. The van der Waals surface area contributed by atoms with Crippen LogP contribution in [-0.4, -0.2) is 44.5 Å². The normalized spacial score (nSPS) is 21.7. The number of rotatable bonds is 16. The van der Waals surface area contributed by atoms with E-state index in [9.17, 15) is 0 Å². The molecule has 25 heavy (non-hydrogen) atoms. The molecule has 0 saturated carbocycles. The molecule has 1 aliphatic heterocycles. The molecule has 1 fully saturated rings. The average molecular weight is 356 g/mol. The lowest BCUT2D eigenvalue weighted by Crippen LogP contribution is -2.51. The van der Waals surface area contributed by atoms with Gasteiger partial charge in [-0.15, -0.1) is 0 Å². The van der Waals surface area contributed by atoms with Crippen LogP contribution in [0.15, 0.2) is 0 Å². The van der Waals surface area contributed by atoms with Crippen molar-refractivity contribution < 1.29 is 9.47 Å². The van der Waals surface area contributed by atoms with Crippen molar-refractivity contribution in [2.45, 2.75) is 109 Å². The minimum Gasteiger partial charge on any atom is -0.352 e. The number of unbranched alkanes of at least 4 members (excludes halogenated alkanes) is 13. The van der Waals surface area contributed by atoms with Gasteiger partial charge < -0.3 is 9.47 Å². The monoisotopic (exact) mass is 355 g/mol. The van der Waals surface area contributed by atoms with Crippen molar-refractivity contribution in [3.05, 3.63) is 0 Å². The van der Waals surface area contributed by atoms with Crippen LogP contribution in [0.3, 0.4) is 0 Å². The molecular formula is C22H45NO2. The van der Waals surface area contributed by atoms with Gasteiger partial charge in [0.25, 0.3) is 0 Å². The van der Waals surface area contributed by atoms with Gasteiger partial charge in [0, 0.05) is 20.1 Å². The Bertz CT molecular complexity index is 298. The van der Waals surface area contributed by atoms with E-state index in [0.717, 1.165) is 26.1 Å². The SMILES string of the molecule is CCCCCCCCCCCCCCCCC1(OC)CN(C)CCO1. The molecule has 0 radical (unpaired) electrons. The maximum absolute atomic E-state index is 5.93. The molecule has 0 N–H and O–H groups in total. The van der Waals surface area contributed by atoms with Crippen molar-refractivity contribution in [1.29, 1.82) is 0 Å². The van der Waals surface area contributed by atoms with E-state index < -0.39 is 0 Å². The minimum absolute atomic E-state index is 0.343. The van der Waals surface area contributed by atoms with E-state index in [2.05, 4.69) is 18.9 Å². The van der Waals surface area contributed by atoms with E-state index in [1.54, 1.807) is 7.11 Å². The summed E-state index contributed by atoms with van der Waals surface area (Å²) in [7, 11) is 3.95. The molecule has 0 aromatic rings. The fraction of sp³-hybridized carbons (Fsp3) is 1.00. The van der Waals surface area contributed by atoms with Crippen LogP contribution in [0.1, 0.15) is 103 Å². The van der Waals surface area contributed by atoms with Crippen LogP contribution in [0.25, 0.3) is 0 Å². The number of morpholine rings is 1. The summed E-state index contributed by atoms with van der Waals surface area (Å²) in [4.78, 5) is 2.32. The molecule has 1 unspecified atom stereocenters. The highest BCUT2D eigenvalue weighted by Gasteiger charge is 2.34. The first kappa shape index (κ1) is 22.9. The smallest absolute Gasteiger partial charge is 0.180 e. The van der Waals surface area contributed by atoms with Crippen LogP contribution < -0.4 is 0 Å². The molecule has 0 spiro atoms. The van der Waals surface area contributed by atoms with E-state index in [-0.39, 0.29) is 5.79 Å². The van der Waals surface area contributed by atoms with E-state index in [4.69, 9.17) is 9.47 Å². The lowest BCUT2D eigenvalue weighted by Gasteiger charge is -2.40. The highest BCUT2D eigenvalue weighted by Crippen LogP contribution is 2.25. The minimum atomic E-state index is -0.343. The Morgan fingerprint density at radius 3 is 1.72 bits per heavy atom. The first-order valence-corrected chi connectivity index (χ1v) is 11.1. The fourth-order valence-electron chi connectivity index (χ4n) is 3.89. The lowest BCUT2D eigenvalue weighted by molar-refractivity contribution is -0.255. The lowest BCUT2D eigenvalue weighted by atomic mass is 10.0. The van der Waals surface area contributed by atoms with Crippen molar-refractivity contribution in [2.24, 2.45) is 0 Å². The largest absolute Gasteiger partial charge is 0.352 e. The fourth-order valence-corrected chi connectivity index (χ4v) is 3.89. The Hall–Kier alpha value is -0.120. The number of hydrogen-bond donors (Lipinski definition) is 0. The van der Waals surface area contributed by atoms with Crippen molar-refractivity contribution in [3.63, 3.8) is 0 Å². The number of nitrogens with zero attached hydrogens (tertiary/aromatic N) is 1. The molecule has 0 aromatic heterocycles. The first-order chi connectivity index (χ1) is 12.2. The molecule has 0 bridgehead atoms. The third-order valence-corrected chi connectivity index (χ3v) is 5.63. The van der Waals surface area contributed by atoms with Crippen molar-refractivity contribution in [1.82, 2.24) is 4.90 Å². The summed E-state index contributed by atoms with van der Waals surface area (Å²) in [5.41, 5.74) is 0. The van der Waals surface area contributed by atoms with Gasteiger partial charge in [-0.25, -0.2) is 0 Å². The van der Waals surface area contributed by atoms with Gasteiger partial charge in [0.15, 0.2) is 5.79 Å². The predicted molar refractivity (Wildman–Crippen MR) is 108 cm³/mol. The highest BCUT2D eigenvalue weighted by molar-refractivity contribution is 4.78. The summed E-state index contributed by atoms with van der Waals surface area (Å²) in [6.45, 7) is 5.01. The third kappa shape index (κ3) is 11.2. The third-order valence-electron chi connectivity index (χ3n) is 5.63. The van der Waals surface area contributed by atoms with Gasteiger partial charge >= 0.3 is 0 Å². The number of methoxy groups -OCH3 is 1. The van der Waals surface area contributed by atoms with Gasteiger partial charge in [-0.3, -0.25) is 4.90 Å². The average Bonchev–Trinajstić information content (AvgIpc) is 2.62. The summed E-state index contributed by atoms with van der Waals surface area (Å²) >= 11 is 0. The van der Waals surface area contributed by atoms with Crippen LogP contribution in [0.2, 0.25) is 0 Å². The van der Waals surface area contributed by atoms with Gasteiger partial charge in [-0.05, 0) is 13.5 Å². The van der Waals surface area contributed by atoms with Crippen LogP contribution in [-0.2, 0) is 9.47 Å². The molecule has 0 aromatic carbocycles. The molecule has 0 amide bonds. The molecular weight excluding hydrogens is 310 g/mol. The number of likely N-dealkylation sites (N-methyl/N-ethyl adjacent to an activating group) is 1. The molecule has 1 heterocycles. The van der Waals surface area contributed by atoms with Crippen molar-refractivity contribution in [2.75, 3.05) is 33.9 Å². The zero-order chi connectivity index (χ0) is 18.2. The van der Waals surface area contributed by atoms with Gasteiger partial charge in [0.05, 0.1) is 13.2 Å². The molecule has 0 aliphatic carbocycles. The number of hydrogen-bond acceptors (Lipinski definition) is 3. The van der Waals surface area contributed by atoms with Crippen LogP contribution in [0.5, 0.6) is 0 Å². The molecule has 1 saturated heterocycles. The van der Waals surface area contributed by atoms with E-state index >= 15 is 0 Å². The Morgan fingerprint density at radius 1 is 0.800 bits per heavy atom. The van der Waals surface area contributed by atoms with Gasteiger partial charge in [0.2, 0.25) is 0 Å². The summed E-state index contributed by atoms with van der Waals surface area (Å²) in [6, 6.07) is 0. The summed E-state index contributed by atoms with van der Waals surface area (Å²) in [5.74, 6) is -0.343. The summed E-state index contributed by atoms with van der Waals surface area (Å²) in [5, 5.41) is 0. The summed E-state index contributed by atoms with van der Waals surface area (Å²) < 4.78 is 11.6. The maximum atomic E-state index is 5.93. The number of ether oxygens (including phenoxy) is 2. The molecule has 150 valence electrons. The van der Waals surface area contributed by atoms with Crippen molar-refractivity contribution in [3.8, 4) is 0 Å².